The molecule has 1 N–H and O–H groups in total. The minimum absolute atomic E-state index is 0.364. The van der Waals surface area contributed by atoms with Crippen molar-refractivity contribution in [3.8, 4) is 5.88 Å². The van der Waals surface area contributed by atoms with Crippen molar-refractivity contribution >= 4 is 22.8 Å². The number of carboxylic acids is 1. The molecular formula is C15H17N3O3. The predicted octanol–water partition coefficient (Wildman–Crippen LogP) is 1.94. The summed E-state index contributed by atoms with van der Waals surface area (Å²) in [5.74, 6) is -0.0500. The lowest BCUT2D eigenvalue weighted by molar-refractivity contribution is -0.141. The van der Waals surface area contributed by atoms with Gasteiger partial charge in [-0.25, -0.2) is 9.97 Å². The van der Waals surface area contributed by atoms with Crippen molar-refractivity contribution in [3.63, 3.8) is 0 Å². The molecule has 0 radical (unpaired) electrons. The number of carbonyl (C=O) groups is 1. The van der Waals surface area contributed by atoms with Crippen LogP contribution in [0.2, 0.25) is 0 Å². The van der Waals surface area contributed by atoms with E-state index in [4.69, 9.17) is 4.74 Å². The van der Waals surface area contributed by atoms with Crippen molar-refractivity contribution in [3.05, 3.63) is 24.3 Å². The highest BCUT2D eigenvalue weighted by Crippen LogP contribution is 2.30. The second-order valence-electron chi connectivity index (χ2n) is 5.17. The topological polar surface area (TPSA) is 75.6 Å². The maximum atomic E-state index is 11.2. The summed E-state index contributed by atoms with van der Waals surface area (Å²) in [5, 5.41) is 9.21. The maximum Gasteiger partial charge on any atom is 0.308 e. The second kappa shape index (κ2) is 5.55. The van der Waals surface area contributed by atoms with Gasteiger partial charge in [-0.3, -0.25) is 4.79 Å². The third-order valence-corrected chi connectivity index (χ3v) is 3.78. The number of piperidine rings is 1. The van der Waals surface area contributed by atoms with Crippen molar-refractivity contribution in [1.29, 1.82) is 0 Å². The molecule has 0 aliphatic carbocycles. The van der Waals surface area contributed by atoms with E-state index in [0.717, 1.165) is 24.0 Å². The van der Waals surface area contributed by atoms with Crippen LogP contribution in [0.5, 0.6) is 5.88 Å². The van der Waals surface area contributed by atoms with Crippen molar-refractivity contribution in [2.24, 2.45) is 5.92 Å². The number of aromatic nitrogens is 2. The zero-order chi connectivity index (χ0) is 14.8. The molecule has 2 heterocycles. The maximum absolute atomic E-state index is 11.2. The number of nitrogens with zero attached hydrogens (tertiary/aromatic N) is 3. The lowest BCUT2D eigenvalue weighted by atomic mass is 9.98. The van der Waals surface area contributed by atoms with E-state index in [9.17, 15) is 9.90 Å². The number of ether oxygens (including phenoxy) is 1. The molecule has 0 amide bonds. The van der Waals surface area contributed by atoms with Gasteiger partial charge in [-0.1, -0.05) is 12.1 Å². The number of carboxylic acid groups (broad SMARTS) is 1. The minimum atomic E-state index is -0.757. The Morgan fingerprint density at radius 2 is 2.05 bits per heavy atom. The van der Waals surface area contributed by atoms with Crippen LogP contribution in [0, 0.1) is 5.92 Å². The van der Waals surface area contributed by atoms with Gasteiger partial charge in [0.2, 0.25) is 0 Å². The lowest BCUT2D eigenvalue weighted by Crippen LogP contribution is -2.39. The summed E-state index contributed by atoms with van der Waals surface area (Å²) in [5.41, 5.74) is 1.55. The molecule has 1 aromatic heterocycles. The van der Waals surface area contributed by atoms with Crippen LogP contribution in [-0.4, -0.2) is 41.2 Å². The molecular weight excluding hydrogens is 270 g/mol. The van der Waals surface area contributed by atoms with Crippen molar-refractivity contribution < 1.29 is 14.6 Å². The summed E-state index contributed by atoms with van der Waals surface area (Å²) in [4.78, 5) is 22.2. The summed E-state index contributed by atoms with van der Waals surface area (Å²) in [6.45, 7) is 1.21. The van der Waals surface area contributed by atoms with Crippen LogP contribution in [0.4, 0.5) is 5.82 Å². The third-order valence-electron chi connectivity index (χ3n) is 3.78. The second-order valence-corrected chi connectivity index (χ2v) is 5.17. The number of hydrogen-bond acceptors (Lipinski definition) is 5. The normalized spacial score (nSPS) is 18.7. The molecule has 110 valence electrons. The smallest absolute Gasteiger partial charge is 0.308 e. The van der Waals surface area contributed by atoms with Crippen molar-refractivity contribution in [2.75, 3.05) is 25.1 Å². The van der Waals surface area contributed by atoms with Gasteiger partial charge in [-0.2, -0.15) is 0 Å². The first-order valence-electron chi connectivity index (χ1n) is 6.97. The molecule has 21 heavy (non-hydrogen) atoms. The van der Waals surface area contributed by atoms with Gasteiger partial charge in [-0.05, 0) is 25.0 Å². The minimum Gasteiger partial charge on any atom is -0.481 e. The highest BCUT2D eigenvalue weighted by Gasteiger charge is 2.28. The van der Waals surface area contributed by atoms with Crippen molar-refractivity contribution in [1.82, 2.24) is 9.97 Å². The first-order valence-corrected chi connectivity index (χ1v) is 6.97. The molecule has 1 aliphatic rings. The Labute approximate surface area is 122 Å². The number of anilines is 1. The highest BCUT2D eigenvalue weighted by atomic mass is 16.5. The lowest BCUT2D eigenvalue weighted by Gasteiger charge is -2.32. The molecule has 6 nitrogen and oxygen atoms in total. The zero-order valence-corrected chi connectivity index (χ0v) is 11.8. The molecule has 1 saturated heterocycles. The molecule has 1 aliphatic heterocycles. The number of benzene rings is 1. The Hall–Kier alpha value is -2.37. The summed E-state index contributed by atoms with van der Waals surface area (Å²) in [7, 11) is 1.56. The average molecular weight is 287 g/mol. The third kappa shape index (κ3) is 2.61. The van der Waals surface area contributed by atoms with Crippen LogP contribution in [-0.2, 0) is 4.79 Å². The van der Waals surface area contributed by atoms with Gasteiger partial charge in [0.1, 0.15) is 0 Å². The van der Waals surface area contributed by atoms with Gasteiger partial charge in [0, 0.05) is 13.1 Å². The summed E-state index contributed by atoms with van der Waals surface area (Å²) >= 11 is 0. The average Bonchev–Trinajstić information content (AvgIpc) is 2.53. The Kier molecular flexibility index (Phi) is 3.60. The highest BCUT2D eigenvalue weighted by molar-refractivity contribution is 5.78. The molecule has 1 aromatic carbocycles. The fraction of sp³-hybridized carbons (Fsp3) is 0.400. The Morgan fingerprint density at radius 1 is 1.33 bits per heavy atom. The van der Waals surface area contributed by atoms with E-state index in [1.54, 1.807) is 7.11 Å². The molecule has 1 atom stereocenters. The number of aliphatic carboxylic acids is 1. The Balaban J connectivity index is 2.00. The van der Waals surface area contributed by atoms with Gasteiger partial charge in [0.25, 0.3) is 5.88 Å². The number of rotatable bonds is 3. The van der Waals surface area contributed by atoms with E-state index < -0.39 is 5.97 Å². The van der Waals surface area contributed by atoms with Crippen LogP contribution in [0.15, 0.2) is 24.3 Å². The van der Waals surface area contributed by atoms with Crippen LogP contribution >= 0.6 is 0 Å². The summed E-state index contributed by atoms with van der Waals surface area (Å²) in [6.07, 6.45) is 1.53. The van der Waals surface area contributed by atoms with E-state index >= 15 is 0 Å². The fourth-order valence-corrected chi connectivity index (χ4v) is 2.69. The monoisotopic (exact) mass is 287 g/mol. The van der Waals surface area contributed by atoms with Gasteiger partial charge < -0.3 is 14.7 Å². The molecule has 1 unspecified atom stereocenters. The van der Waals surface area contributed by atoms with Crippen LogP contribution < -0.4 is 9.64 Å². The largest absolute Gasteiger partial charge is 0.481 e. The fourth-order valence-electron chi connectivity index (χ4n) is 2.69. The SMILES string of the molecule is COc1nc2ccccc2nc1N1CCCC(C(=O)O)C1. The Bertz CT molecular complexity index is 674. The van der Waals surface area contributed by atoms with E-state index in [0.29, 0.717) is 24.7 Å². The van der Waals surface area contributed by atoms with Gasteiger partial charge in [0.05, 0.1) is 24.1 Å². The van der Waals surface area contributed by atoms with Gasteiger partial charge in [0.15, 0.2) is 5.82 Å². The van der Waals surface area contributed by atoms with E-state index in [-0.39, 0.29) is 5.92 Å². The van der Waals surface area contributed by atoms with E-state index in [1.165, 1.54) is 0 Å². The quantitative estimate of drug-likeness (QED) is 0.929. The number of fused-ring (bicyclic) bond motifs is 1. The molecule has 1 fully saturated rings. The standard InChI is InChI=1S/C15H17N3O3/c1-21-14-13(16-11-6-2-3-7-12(11)17-14)18-8-4-5-10(9-18)15(19)20/h2-3,6-7,10H,4-5,8-9H2,1H3,(H,19,20). The van der Waals surface area contributed by atoms with Crippen LogP contribution in [0.25, 0.3) is 11.0 Å². The van der Waals surface area contributed by atoms with E-state index in [1.807, 2.05) is 29.2 Å². The van der Waals surface area contributed by atoms with E-state index in [2.05, 4.69) is 9.97 Å². The molecule has 0 bridgehead atoms. The zero-order valence-electron chi connectivity index (χ0n) is 11.8. The van der Waals surface area contributed by atoms with Gasteiger partial charge in [-0.15, -0.1) is 0 Å². The van der Waals surface area contributed by atoms with Crippen molar-refractivity contribution in [2.45, 2.75) is 12.8 Å². The molecule has 2 aromatic rings. The molecule has 0 spiro atoms. The molecule has 6 heteroatoms. The molecule has 3 rings (SSSR count). The van der Waals surface area contributed by atoms with Crippen LogP contribution in [0.3, 0.4) is 0 Å². The number of hydrogen-bond donors (Lipinski definition) is 1. The van der Waals surface area contributed by atoms with Crippen LogP contribution in [0.1, 0.15) is 12.8 Å². The first kappa shape index (κ1) is 13.6. The molecule has 0 saturated carbocycles. The number of para-hydroxylation sites is 2. The predicted molar refractivity (Wildman–Crippen MR) is 78.7 cm³/mol. The Morgan fingerprint density at radius 3 is 2.71 bits per heavy atom. The number of methoxy groups -OCH3 is 1. The summed E-state index contributed by atoms with van der Waals surface area (Å²) < 4.78 is 5.34. The van der Waals surface area contributed by atoms with Gasteiger partial charge >= 0.3 is 5.97 Å². The first-order chi connectivity index (χ1) is 10.2. The summed E-state index contributed by atoms with van der Waals surface area (Å²) in [6, 6.07) is 7.58.